The van der Waals surface area contributed by atoms with Crippen LogP contribution in [0.1, 0.15) is 46.5 Å². The smallest absolute Gasteiger partial charge is 0.0608 e. The van der Waals surface area contributed by atoms with Gasteiger partial charge in [-0.3, -0.25) is 0 Å². The maximum atomic E-state index is 8.97. The van der Waals surface area contributed by atoms with E-state index in [0.717, 1.165) is 18.8 Å². The van der Waals surface area contributed by atoms with Gasteiger partial charge in [0.1, 0.15) is 0 Å². The molecule has 3 heteroatoms. The quantitative estimate of drug-likeness (QED) is 0.602. The Morgan fingerprint density at radius 2 is 2.07 bits per heavy atom. The van der Waals surface area contributed by atoms with Crippen LogP contribution in [0.2, 0.25) is 0 Å². The van der Waals surface area contributed by atoms with Gasteiger partial charge in [0.2, 0.25) is 0 Å². The molecule has 0 fully saturated rings. The summed E-state index contributed by atoms with van der Waals surface area (Å²) in [5.41, 5.74) is 5.47. The van der Waals surface area contributed by atoms with Crippen LogP contribution < -0.4 is 5.73 Å². The van der Waals surface area contributed by atoms with Crippen molar-refractivity contribution in [3.63, 3.8) is 0 Å². The van der Waals surface area contributed by atoms with Crippen LogP contribution in [0.15, 0.2) is 0 Å². The minimum atomic E-state index is -0.374. The lowest BCUT2D eigenvalue weighted by Gasteiger charge is -2.21. The van der Waals surface area contributed by atoms with Crippen LogP contribution in [-0.4, -0.2) is 28.8 Å². The number of nitrogens with two attached hydrogens (primary N) is 1. The number of hydrogen-bond acceptors (Lipinski definition) is 3. The zero-order valence-corrected chi connectivity index (χ0v) is 11.3. The number of hydrogen-bond donors (Lipinski definition) is 2. The summed E-state index contributed by atoms with van der Waals surface area (Å²) in [6.45, 7) is 6.55. The largest absolute Gasteiger partial charge is 0.394 e. The Bertz CT molecular complexity index is 151. The van der Waals surface area contributed by atoms with Gasteiger partial charge in [-0.05, 0) is 37.2 Å². The summed E-state index contributed by atoms with van der Waals surface area (Å²) in [6.07, 6.45) is 4.54. The molecule has 0 bridgehead atoms. The first-order chi connectivity index (χ1) is 7.02. The van der Waals surface area contributed by atoms with Gasteiger partial charge in [0.25, 0.3) is 0 Å². The molecule has 0 amide bonds. The van der Waals surface area contributed by atoms with Crippen LogP contribution in [-0.2, 0) is 0 Å². The Kier molecular flexibility index (Phi) is 8.58. The highest BCUT2D eigenvalue weighted by atomic mass is 32.2. The second-order valence-electron chi connectivity index (χ2n) is 4.86. The fourth-order valence-corrected chi connectivity index (χ4v) is 2.43. The summed E-state index contributed by atoms with van der Waals surface area (Å²) in [6, 6.07) is 0. The fourth-order valence-electron chi connectivity index (χ4n) is 1.21. The lowest BCUT2D eigenvalue weighted by Crippen LogP contribution is -2.39. The Hall–Kier alpha value is 0.270. The van der Waals surface area contributed by atoms with Crippen LogP contribution in [0.5, 0.6) is 0 Å². The van der Waals surface area contributed by atoms with Gasteiger partial charge in [-0.25, -0.2) is 0 Å². The van der Waals surface area contributed by atoms with E-state index >= 15 is 0 Å². The van der Waals surface area contributed by atoms with E-state index in [-0.39, 0.29) is 12.1 Å². The van der Waals surface area contributed by atoms with Crippen molar-refractivity contribution in [2.75, 3.05) is 18.1 Å². The molecule has 0 aromatic rings. The van der Waals surface area contributed by atoms with Crippen molar-refractivity contribution in [3.05, 3.63) is 0 Å². The minimum Gasteiger partial charge on any atom is -0.394 e. The summed E-state index contributed by atoms with van der Waals surface area (Å²) < 4.78 is 0. The van der Waals surface area contributed by atoms with Crippen molar-refractivity contribution in [3.8, 4) is 0 Å². The van der Waals surface area contributed by atoms with Crippen LogP contribution in [0.3, 0.4) is 0 Å². The van der Waals surface area contributed by atoms with Gasteiger partial charge in [0.05, 0.1) is 6.61 Å². The SMILES string of the molecule is CCC(C)CSCCCCC(C)(N)CO. The molecule has 0 aliphatic heterocycles. The zero-order chi connectivity index (χ0) is 11.7. The van der Waals surface area contributed by atoms with Gasteiger partial charge in [0, 0.05) is 5.54 Å². The summed E-state index contributed by atoms with van der Waals surface area (Å²) in [4.78, 5) is 0. The Morgan fingerprint density at radius 1 is 1.40 bits per heavy atom. The van der Waals surface area contributed by atoms with Gasteiger partial charge in [-0.15, -0.1) is 0 Å². The number of aliphatic hydroxyl groups excluding tert-OH is 1. The lowest BCUT2D eigenvalue weighted by molar-refractivity contribution is 0.198. The van der Waals surface area contributed by atoms with Gasteiger partial charge in [0.15, 0.2) is 0 Å². The highest BCUT2D eigenvalue weighted by Crippen LogP contribution is 2.15. The van der Waals surface area contributed by atoms with Crippen molar-refractivity contribution in [1.82, 2.24) is 0 Å². The Balaban J connectivity index is 3.25. The van der Waals surface area contributed by atoms with Crippen LogP contribution in [0.25, 0.3) is 0 Å². The van der Waals surface area contributed by atoms with Crippen molar-refractivity contribution in [2.45, 2.75) is 52.0 Å². The molecule has 0 spiro atoms. The van der Waals surface area contributed by atoms with E-state index in [0.29, 0.717) is 0 Å². The number of unbranched alkanes of at least 4 members (excludes halogenated alkanes) is 1. The maximum absolute atomic E-state index is 8.97. The van der Waals surface area contributed by atoms with Crippen LogP contribution >= 0.6 is 11.8 Å². The maximum Gasteiger partial charge on any atom is 0.0608 e. The second-order valence-corrected chi connectivity index (χ2v) is 6.01. The molecule has 2 unspecified atom stereocenters. The van der Waals surface area contributed by atoms with E-state index in [1.165, 1.54) is 24.3 Å². The third-order valence-corrected chi connectivity index (χ3v) is 4.13. The molecule has 3 N–H and O–H groups in total. The van der Waals surface area contributed by atoms with Gasteiger partial charge >= 0.3 is 0 Å². The standard InChI is InChI=1S/C12H27NOS/c1-4-11(2)9-15-8-6-5-7-12(3,13)10-14/h11,14H,4-10,13H2,1-3H3. The highest BCUT2D eigenvalue weighted by molar-refractivity contribution is 7.99. The topological polar surface area (TPSA) is 46.2 Å². The molecule has 2 nitrogen and oxygen atoms in total. The van der Waals surface area contributed by atoms with Gasteiger partial charge in [-0.1, -0.05) is 26.7 Å². The first kappa shape index (κ1) is 15.3. The highest BCUT2D eigenvalue weighted by Gasteiger charge is 2.15. The third-order valence-electron chi connectivity index (χ3n) is 2.75. The molecule has 0 radical (unpaired) electrons. The van der Waals surface area contributed by atoms with E-state index in [1.54, 1.807) is 0 Å². The van der Waals surface area contributed by atoms with E-state index in [4.69, 9.17) is 10.8 Å². The molecular formula is C12H27NOS. The van der Waals surface area contributed by atoms with Crippen LogP contribution in [0, 0.1) is 5.92 Å². The number of aliphatic hydroxyl groups is 1. The third kappa shape index (κ3) is 9.21. The van der Waals surface area contributed by atoms with Gasteiger partial charge in [-0.2, -0.15) is 11.8 Å². The molecule has 0 aromatic heterocycles. The Morgan fingerprint density at radius 3 is 2.60 bits per heavy atom. The molecule has 0 aliphatic carbocycles. The lowest BCUT2D eigenvalue weighted by atomic mass is 9.98. The first-order valence-electron chi connectivity index (χ1n) is 5.99. The van der Waals surface area contributed by atoms with Crippen molar-refractivity contribution in [2.24, 2.45) is 11.7 Å². The van der Waals surface area contributed by atoms with Crippen molar-refractivity contribution in [1.29, 1.82) is 0 Å². The van der Waals surface area contributed by atoms with Crippen molar-refractivity contribution >= 4 is 11.8 Å². The molecule has 0 aromatic carbocycles. The predicted molar refractivity (Wildman–Crippen MR) is 70.3 cm³/mol. The average molecular weight is 233 g/mol. The summed E-state index contributed by atoms with van der Waals surface area (Å²) in [5.74, 6) is 3.34. The van der Waals surface area contributed by atoms with E-state index in [9.17, 15) is 0 Å². The molecule has 2 atom stereocenters. The molecule has 0 heterocycles. The first-order valence-corrected chi connectivity index (χ1v) is 7.15. The normalized spacial score (nSPS) is 17.4. The molecular weight excluding hydrogens is 206 g/mol. The summed E-state index contributed by atoms with van der Waals surface area (Å²) in [5, 5.41) is 8.97. The van der Waals surface area contributed by atoms with Gasteiger partial charge < -0.3 is 10.8 Å². The van der Waals surface area contributed by atoms with Crippen LogP contribution in [0.4, 0.5) is 0 Å². The molecule has 15 heavy (non-hydrogen) atoms. The molecule has 0 saturated heterocycles. The Labute approximate surface area is 99.0 Å². The molecule has 0 rings (SSSR count). The predicted octanol–water partition coefficient (Wildman–Crippen LogP) is 2.65. The van der Waals surface area contributed by atoms with E-state index in [2.05, 4.69) is 13.8 Å². The summed E-state index contributed by atoms with van der Waals surface area (Å²) >= 11 is 2.04. The average Bonchev–Trinajstić information content (AvgIpc) is 2.22. The number of thioether (sulfide) groups is 1. The second kappa shape index (κ2) is 8.43. The van der Waals surface area contributed by atoms with E-state index in [1.807, 2.05) is 18.7 Å². The zero-order valence-electron chi connectivity index (χ0n) is 10.5. The van der Waals surface area contributed by atoms with Crippen molar-refractivity contribution < 1.29 is 5.11 Å². The number of rotatable bonds is 9. The molecule has 0 aliphatic rings. The fraction of sp³-hybridized carbons (Fsp3) is 1.00. The molecule has 92 valence electrons. The van der Waals surface area contributed by atoms with E-state index < -0.39 is 0 Å². The molecule has 0 saturated carbocycles. The summed E-state index contributed by atoms with van der Waals surface area (Å²) in [7, 11) is 0. The minimum absolute atomic E-state index is 0.0903. The monoisotopic (exact) mass is 233 g/mol.